The molecule has 2 nitrogen and oxygen atoms in total. The van der Waals surface area contributed by atoms with E-state index < -0.39 is 0 Å². The minimum absolute atomic E-state index is 0.172. The van der Waals surface area contributed by atoms with Crippen molar-refractivity contribution in [2.45, 2.75) is 19.8 Å². The average molecular weight is 223 g/mol. The van der Waals surface area contributed by atoms with E-state index in [1.807, 2.05) is 13.0 Å². The van der Waals surface area contributed by atoms with Gasteiger partial charge < -0.3 is 10.1 Å². The molecule has 0 aliphatic carbocycles. The molecule has 0 atom stereocenters. The van der Waals surface area contributed by atoms with Gasteiger partial charge in [-0.2, -0.15) is 0 Å². The van der Waals surface area contributed by atoms with Crippen LogP contribution < -0.4 is 5.32 Å². The molecular weight excluding hydrogens is 205 g/mol. The number of aryl methyl sites for hydroxylation is 1. The molecule has 3 heteroatoms. The maximum Gasteiger partial charge on any atom is 0.123 e. The van der Waals surface area contributed by atoms with Gasteiger partial charge in [0.1, 0.15) is 5.82 Å². The molecule has 88 valence electrons. The molecule has 16 heavy (non-hydrogen) atoms. The van der Waals surface area contributed by atoms with Crippen LogP contribution in [0.25, 0.3) is 0 Å². The molecule has 1 heterocycles. The molecule has 0 unspecified atom stereocenters. The molecular formula is C13H18FNO. The summed E-state index contributed by atoms with van der Waals surface area (Å²) in [5.41, 5.74) is 2.00. The Morgan fingerprint density at radius 3 is 2.81 bits per heavy atom. The second-order valence-electron chi connectivity index (χ2n) is 4.40. The van der Waals surface area contributed by atoms with Crippen molar-refractivity contribution >= 4 is 5.69 Å². The van der Waals surface area contributed by atoms with E-state index in [9.17, 15) is 4.39 Å². The average Bonchev–Trinajstić information content (AvgIpc) is 2.29. The van der Waals surface area contributed by atoms with Crippen LogP contribution in [-0.4, -0.2) is 19.8 Å². The van der Waals surface area contributed by atoms with E-state index in [0.717, 1.165) is 43.9 Å². The van der Waals surface area contributed by atoms with E-state index in [1.54, 1.807) is 6.07 Å². The highest BCUT2D eigenvalue weighted by molar-refractivity contribution is 5.50. The molecule has 1 aromatic rings. The van der Waals surface area contributed by atoms with Crippen LogP contribution in [0.4, 0.5) is 10.1 Å². The monoisotopic (exact) mass is 223 g/mol. The molecule has 0 spiro atoms. The largest absolute Gasteiger partial charge is 0.385 e. The zero-order valence-electron chi connectivity index (χ0n) is 9.63. The van der Waals surface area contributed by atoms with Gasteiger partial charge >= 0.3 is 0 Å². The summed E-state index contributed by atoms with van der Waals surface area (Å²) >= 11 is 0. The Labute approximate surface area is 95.8 Å². The lowest BCUT2D eigenvalue weighted by atomic mass is 10.0. The van der Waals surface area contributed by atoms with E-state index >= 15 is 0 Å². The third-order valence-electron chi connectivity index (χ3n) is 3.11. The highest BCUT2D eigenvalue weighted by Gasteiger charge is 2.13. The first-order valence-corrected chi connectivity index (χ1v) is 5.83. The van der Waals surface area contributed by atoms with Crippen LogP contribution in [0.2, 0.25) is 0 Å². The van der Waals surface area contributed by atoms with Crippen LogP contribution in [0, 0.1) is 18.7 Å². The molecule has 1 aliphatic heterocycles. The van der Waals surface area contributed by atoms with Gasteiger partial charge in [-0.25, -0.2) is 4.39 Å². The van der Waals surface area contributed by atoms with Gasteiger partial charge in [0.25, 0.3) is 0 Å². The molecule has 2 rings (SSSR count). The molecule has 1 saturated heterocycles. The highest BCUT2D eigenvalue weighted by atomic mass is 19.1. The van der Waals surface area contributed by atoms with Gasteiger partial charge in [-0.3, -0.25) is 0 Å². The van der Waals surface area contributed by atoms with Gasteiger partial charge in [0.2, 0.25) is 0 Å². The molecule has 0 aromatic heterocycles. The van der Waals surface area contributed by atoms with Crippen LogP contribution >= 0.6 is 0 Å². The molecule has 1 aromatic carbocycles. The Morgan fingerprint density at radius 1 is 1.38 bits per heavy atom. The summed E-state index contributed by atoms with van der Waals surface area (Å²) in [5, 5.41) is 3.39. The second kappa shape index (κ2) is 5.30. The molecule has 1 fully saturated rings. The summed E-state index contributed by atoms with van der Waals surface area (Å²) in [6, 6.07) is 4.87. The number of hydrogen-bond donors (Lipinski definition) is 1. The minimum Gasteiger partial charge on any atom is -0.385 e. The Balaban J connectivity index is 1.88. The van der Waals surface area contributed by atoms with E-state index in [-0.39, 0.29) is 5.82 Å². The van der Waals surface area contributed by atoms with Crippen molar-refractivity contribution in [3.05, 3.63) is 29.6 Å². The SMILES string of the molecule is Cc1cc(F)ccc1NCC1CCOCC1. The molecule has 0 amide bonds. The summed E-state index contributed by atoms with van der Waals surface area (Å²) in [4.78, 5) is 0. The van der Waals surface area contributed by atoms with Crippen molar-refractivity contribution in [3.63, 3.8) is 0 Å². The van der Waals surface area contributed by atoms with Crippen LogP contribution in [0.1, 0.15) is 18.4 Å². The fraction of sp³-hybridized carbons (Fsp3) is 0.538. The first kappa shape index (κ1) is 11.4. The van der Waals surface area contributed by atoms with Crippen molar-refractivity contribution < 1.29 is 9.13 Å². The maximum absolute atomic E-state index is 12.9. The molecule has 0 radical (unpaired) electrons. The standard InChI is InChI=1S/C13H18FNO/c1-10-8-12(14)2-3-13(10)15-9-11-4-6-16-7-5-11/h2-3,8,11,15H,4-7,9H2,1H3. The third kappa shape index (κ3) is 2.95. The number of anilines is 1. The Kier molecular flexibility index (Phi) is 3.78. The Morgan fingerprint density at radius 2 is 2.12 bits per heavy atom. The third-order valence-corrected chi connectivity index (χ3v) is 3.11. The van der Waals surface area contributed by atoms with E-state index in [1.165, 1.54) is 6.07 Å². The summed E-state index contributed by atoms with van der Waals surface area (Å²) in [5.74, 6) is 0.507. The maximum atomic E-state index is 12.9. The summed E-state index contributed by atoms with van der Waals surface area (Å²) in [6.07, 6.45) is 2.24. The quantitative estimate of drug-likeness (QED) is 0.850. The van der Waals surface area contributed by atoms with Gasteiger partial charge in [-0.05, 0) is 49.4 Å². The number of hydrogen-bond acceptors (Lipinski definition) is 2. The first-order chi connectivity index (χ1) is 7.75. The first-order valence-electron chi connectivity index (χ1n) is 5.83. The fourth-order valence-corrected chi connectivity index (χ4v) is 2.03. The molecule has 1 N–H and O–H groups in total. The number of halogens is 1. The number of rotatable bonds is 3. The lowest BCUT2D eigenvalue weighted by Crippen LogP contribution is -2.22. The topological polar surface area (TPSA) is 21.3 Å². The van der Waals surface area contributed by atoms with Gasteiger partial charge in [0, 0.05) is 25.4 Å². The van der Waals surface area contributed by atoms with Crippen molar-refractivity contribution in [2.24, 2.45) is 5.92 Å². The summed E-state index contributed by atoms with van der Waals surface area (Å²) < 4.78 is 18.2. The van der Waals surface area contributed by atoms with Crippen LogP contribution in [0.15, 0.2) is 18.2 Å². The van der Waals surface area contributed by atoms with E-state index in [2.05, 4.69) is 5.32 Å². The van der Waals surface area contributed by atoms with Crippen molar-refractivity contribution in [3.8, 4) is 0 Å². The Bertz CT molecular complexity index is 348. The predicted molar refractivity (Wildman–Crippen MR) is 63.2 cm³/mol. The highest BCUT2D eigenvalue weighted by Crippen LogP contribution is 2.19. The molecule has 0 saturated carbocycles. The zero-order chi connectivity index (χ0) is 11.4. The number of nitrogens with one attached hydrogen (secondary N) is 1. The lowest BCUT2D eigenvalue weighted by molar-refractivity contribution is 0.0699. The molecule has 0 bridgehead atoms. The van der Waals surface area contributed by atoms with Crippen LogP contribution in [0.5, 0.6) is 0 Å². The summed E-state index contributed by atoms with van der Waals surface area (Å²) in [6.45, 7) is 4.62. The van der Waals surface area contributed by atoms with Crippen molar-refractivity contribution in [1.82, 2.24) is 0 Å². The number of ether oxygens (including phenoxy) is 1. The lowest BCUT2D eigenvalue weighted by Gasteiger charge is -2.23. The van der Waals surface area contributed by atoms with Gasteiger partial charge in [-0.1, -0.05) is 0 Å². The Hall–Kier alpha value is -1.09. The van der Waals surface area contributed by atoms with Crippen LogP contribution in [-0.2, 0) is 4.74 Å². The smallest absolute Gasteiger partial charge is 0.123 e. The second-order valence-corrected chi connectivity index (χ2v) is 4.40. The number of benzene rings is 1. The normalized spacial score (nSPS) is 17.4. The summed E-state index contributed by atoms with van der Waals surface area (Å²) in [7, 11) is 0. The fourth-order valence-electron chi connectivity index (χ4n) is 2.03. The minimum atomic E-state index is -0.172. The zero-order valence-corrected chi connectivity index (χ0v) is 9.63. The predicted octanol–water partition coefficient (Wildman–Crippen LogP) is 2.97. The van der Waals surface area contributed by atoms with Crippen LogP contribution in [0.3, 0.4) is 0 Å². The van der Waals surface area contributed by atoms with E-state index in [0.29, 0.717) is 5.92 Å². The van der Waals surface area contributed by atoms with Crippen molar-refractivity contribution in [1.29, 1.82) is 0 Å². The van der Waals surface area contributed by atoms with Gasteiger partial charge in [0.05, 0.1) is 0 Å². The van der Waals surface area contributed by atoms with Gasteiger partial charge in [0.15, 0.2) is 0 Å². The van der Waals surface area contributed by atoms with Crippen molar-refractivity contribution in [2.75, 3.05) is 25.1 Å². The van der Waals surface area contributed by atoms with E-state index in [4.69, 9.17) is 4.74 Å². The van der Waals surface area contributed by atoms with Gasteiger partial charge in [-0.15, -0.1) is 0 Å². The molecule has 1 aliphatic rings.